The van der Waals surface area contributed by atoms with Crippen molar-refractivity contribution in [2.45, 2.75) is 31.8 Å². The molecule has 1 saturated heterocycles. The minimum atomic E-state index is 0. The van der Waals surface area contributed by atoms with Gasteiger partial charge < -0.3 is 5.73 Å². The van der Waals surface area contributed by atoms with Crippen molar-refractivity contribution in [3.05, 3.63) is 23.2 Å². The zero-order valence-corrected chi connectivity index (χ0v) is 11.3. The lowest BCUT2D eigenvalue weighted by molar-refractivity contribution is 0.143. The Kier molecular flexibility index (Phi) is 6.12. The Balaban J connectivity index is 0.00000144. The van der Waals surface area contributed by atoms with E-state index in [1.54, 1.807) is 12.4 Å². The molecule has 1 unspecified atom stereocenters. The number of hydrogen-bond donors (Lipinski definition) is 1. The van der Waals surface area contributed by atoms with Crippen LogP contribution < -0.4 is 5.73 Å². The van der Waals surface area contributed by atoms with Crippen molar-refractivity contribution < 1.29 is 0 Å². The number of nitrogens with zero attached hydrogens (tertiary/aromatic N) is 3. The van der Waals surface area contributed by atoms with E-state index in [1.165, 1.54) is 19.3 Å². The van der Waals surface area contributed by atoms with Gasteiger partial charge in [0.15, 0.2) is 5.15 Å². The van der Waals surface area contributed by atoms with Crippen LogP contribution in [-0.4, -0.2) is 34.0 Å². The molecule has 4 nitrogen and oxygen atoms in total. The molecule has 0 aliphatic carbocycles. The van der Waals surface area contributed by atoms with Crippen molar-refractivity contribution in [3.8, 4) is 0 Å². The van der Waals surface area contributed by atoms with Crippen LogP contribution in [0.1, 0.15) is 25.0 Å². The first-order valence-electron chi connectivity index (χ1n) is 5.70. The number of rotatable bonds is 3. The van der Waals surface area contributed by atoms with E-state index < -0.39 is 0 Å². The maximum absolute atomic E-state index is 6.00. The number of nitrogens with two attached hydrogens (primary N) is 1. The largest absolute Gasteiger partial charge is 0.329 e. The zero-order valence-electron chi connectivity index (χ0n) is 9.68. The van der Waals surface area contributed by atoms with E-state index in [2.05, 4.69) is 14.9 Å². The highest BCUT2D eigenvalue weighted by molar-refractivity contribution is 6.29. The molecular formula is C11H18Cl2N4. The first-order chi connectivity index (χ1) is 7.81. The smallest absolute Gasteiger partial charge is 0.151 e. The summed E-state index contributed by atoms with van der Waals surface area (Å²) in [5.74, 6) is 0. The molecule has 1 aliphatic heterocycles. The van der Waals surface area contributed by atoms with Gasteiger partial charge >= 0.3 is 0 Å². The van der Waals surface area contributed by atoms with E-state index in [0.717, 1.165) is 18.8 Å². The number of halogens is 2. The van der Waals surface area contributed by atoms with Crippen molar-refractivity contribution in [3.63, 3.8) is 0 Å². The van der Waals surface area contributed by atoms with Crippen molar-refractivity contribution >= 4 is 24.0 Å². The first-order valence-corrected chi connectivity index (χ1v) is 6.08. The molecule has 2 N–H and O–H groups in total. The molecule has 6 heteroatoms. The Hall–Kier alpha value is -0.420. The van der Waals surface area contributed by atoms with Gasteiger partial charge in [0.1, 0.15) is 0 Å². The summed E-state index contributed by atoms with van der Waals surface area (Å²) in [7, 11) is 0. The van der Waals surface area contributed by atoms with E-state index >= 15 is 0 Å². The van der Waals surface area contributed by atoms with Crippen molar-refractivity contribution in [2.75, 3.05) is 13.1 Å². The van der Waals surface area contributed by atoms with E-state index in [0.29, 0.717) is 17.7 Å². The number of likely N-dealkylation sites (tertiary alicyclic amines) is 1. The monoisotopic (exact) mass is 276 g/mol. The SMILES string of the molecule is Cl.NCC1CCCCN1Cc1nccnc1Cl. The fourth-order valence-electron chi connectivity index (χ4n) is 2.18. The third-order valence-electron chi connectivity index (χ3n) is 3.10. The summed E-state index contributed by atoms with van der Waals surface area (Å²) >= 11 is 6.00. The Morgan fingerprint density at radius 1 is 1.35 bits per heavy atom. The summed E-state index contributed by atoms with van der Waals surface area (Å²) in [4.78, 5) is 10.7. The van der Waals surface area contributed by atoms with Gasteiger partial charge in [-0.15, -0.1) is 12.4 Å². The third kappa shape index (κ3) is 3.78. The van der Waals surface area contributed by atoms with Crippen LogP contribution in [0.3, 0.4) is 0 Å². The lowest BCUT2D eigenvalue weighted by atomic mass is 10.0. The molecule has 1 aliphatic rings. The van der Waals surface area contributed by atoms with Crippen molar-refractivity contribution in [1.82, 2.24) is 14.9 Å². The molecule has 0 saturated carbocycles. The summed E-state index contributed by atoms with van der Waals surface area (Å²) in [5, 5.41) is 0.504. The van der Waals surface area contributed by atoms with Gasteiger partial charge in [-0.05, 0) is 19.4 Å². The molecule has 17 heavy (non-hydrogen) atoms. The molecule has 1 aromatic rings. The maximum Gasteiger partial charge on any atom is 0.151 e. The fraction of sp³-hybridized carbons (Fsp3) is 0.636. The summed E-state index contributed by atoms with van der Waals surface area (Å²) in [6.45, 7) is 2.54. The van der Waals surface area contributed by atoms with Gasteiger partial charge in [0, 0.05) is 31.5 Å². The molecule has 2 rings (SSSR count). The summed E-state index contributed by atoms with van der Waals surface area (Å²) in [6.07, 6.45) is 6.97. The van der Waals surface area contributed by atoms with Gasteiger partial charge in [0.25, 0.3) is 0 Å². The molecule has 96 valence electrons. The molecule has 1 atom stereocenters. The number of aromatic nitrogens is 2. The summed E-state index contributed by atoms with van der Waals surface area (Å²) in [5.41, 5.74) is 6.63. The normalized spacial score (nSPS) is 20.9. The Morgan fingerprint density at radius 2 is 2.12 bits per heavy atom. The van der Waals surface area contributed by atoms with E-state index in [9.17, 15) is 0 Å². The lowest BCUT2D eigenvalue weighted by Gasteiger charge is -2.34. The minimum absolute atomic E-state index is 0. The van der Waals surface area contributed by atoms with Crippen LogP contribution >= 0.6 is 24.0 Å². The quantitative estimate of drug-likeness (QED) is 0.916. The molecule has 0 spiro atoms. The summed E-state index contributed by atoms with van der Waals surface area (Å²) < 4.78 is 0. The van der Waals surface area contributed by atoms with Gasteiger partial charge in [-0.2, -0.15) is 0 Å². The van der Waals surface area contributed by atoms with E-state index in [4.69, 9.17) is 17.3 Å². The third-order valence-corrected chi connectivity index (χ3v) is 3.41. The maximum atomic E-state index is 6.00. The second-order valence-corrected chi connectivity index (χ2v) is 4.51. The first kappa shape index (κ1) is 14.6. The lowest BCUT2D eigenvalue weighted by Crippen LogP contribution is -2.43. The fourth-order valence-corrected chi connectivity index (χ4v) is 2.35. The predicted molar refractivity (Wildman–Crippen MR) is 71.4 cm³/mol. The van der Waals surface area contributed by atoms with Gasteiger partial charge in [-0.25, -0.2) is 4.98 Å². The zero-order chi connectivity index (χ0) is 11.4. The molecule has 0 bridgehead atoms. The minimum Gasteiger partial charge on any atom is -0.329 e. The topological polar surface area (TPSA) is 55.0 Å². The molecule has 2 heterocycles. The van der Waals surface area contributed by atoms with Gasteiger partial charge in [-0.3, -0.25) is 9.88 Å². The number of hydrogen-bond acceptors (Lipinski definition) is 4. The highest BCUT2D eigenvalue weighted by Gasteiger charge is 2.22. The van der Waals surface area contributed by atoms with Crippen LogP contribution in [0.25, 0.3) is 0 Å². The van der Waals surface area contributed by atoms with Crippen LogP contribution in [0.4, 0.5) is 0 Å². The van der Waals surface area contributed by atoms with Crippen LogP contribution in [-0.2, 0) is 6.54 Å². The Morgan fingerprint density at radius 3 is 2.82 bits per heavy atom. The predicted octanol–water partition coefficient (Wildman–Crippen LogP) is 1.86. The Labute approximate surface area is 113 Å². The van der Waals surface area contributed by atoms with Gasteiger partial charge in [-0.1, -0.05) is 18.0 Å². The standard InChI is InChI=1S/C11H17ClN4.ClH/c12-11-10(14-4-5-15-11)8-16-6-2-1-3-9(16)7-13;/h4-5,9H,1-3,6-8,13H2;1H. The molecule has 0 aromatic carbocycles. The van der Waals surface area contributed by atoms with Crippen LogP contribution in [0.2, 0.25) is 5.15 Å². The molecule has 0 amide bonds. The Bertz CT molecular complexity index is 348. The van der Waals surface area contributed by atoms with Crippen LogP contribution in [0.15, 0.2) is 12.4 Å². The van der Waals surface area contributed by atoms with E-state index in [1.807, 2.05) is 0 Å². The second-order valence-electron chi connectivity index (χ2n) is 4.15. The molecular weight excluding hydrogens is 259 g/mol. The van der Waals surface area contributed by atoms with E-state index in [-0.39, 0.29) is 12.4 Å². The van der Waals surface area contributed by atoms with Crippen molar-refractivity contribution in [1.29, 1.82) is 0 Å². The second kappa shape index (κ2) is 7.11. The number of piperidine rings is 1. The average Bonchev–Trinajstić information content (AvgIpc) is 2.33. The molecule has 1 fully saturated rings. The highest BCUT2D eigenvalue weighted by atomic mass is 35.5. The van der Waals surface area contributed by atoms with Gasteiger partial charge in [0.2, 0.25) is 0 Å². The average molecular weight is 277 g/mol. The highest BCUT2D eigenvalue weighted by Crippen LogP contribution is 2.20. The van der Waals surface area contributed by atoms with Crippen LogP contribution in [0.5, 0.6) is 0 Å². The summed E-state index contributed by atoms with van der Waals surface area (Å²) in [6, 6.07) is 0.465. The van der Waals surface area contributed by atoms with Crippen molar-refractivity contribution in [2.24, 2.45) is 5.73 Å². The van der Waals surface area contributed by atoms with Gasteiger partial charge in [0.05, 0.1) is 5.69 Å². The van der Waals surface area contributed by atoms with Crippen LogP contribution in [0, 0.1) is 0 Å². The molecule has 0 radical (unpaired) electrons. The molecule has 1 aromatic heterocycles.